The fraction of sp³-hybridized carbons (Fsp3) is 0.600. The van der Waals surface area contributed by atoms with E-state index in [0.717, 1.165) is 31.8 Å². The largest absolute Gasteiger partial charge is 0.492 e. The standard InChI is InChI=1S/C15H20F3NO/c1-12-4-3-7-19(11-12)8-9-20-14-6-2-5-13(10-14)15(16,17)18/h2,5-6,10,12H,3-4,7-9,11H2,1H3/t12-/m1/s1. The highest BCUT2D eigenvalue weighted by Gasteiger charge is 2.30. The fourth-order valence-corrected chi connectivity index (χ4v) is 2.54. The van der Waals surface area contributed by atoms with E-state index in [0.29, 0.717) is 12.5 Å². The van der Waals surface area contributed by atoms with Crippen LogP contribution in [0.15, 0.2) is 24.3 Å². The molecule has 0 radical (unpaired) electrons. The number of hydrogen-bond donors (Lipinski definition) is 0. The van der Waals surface area contributed by atoms with E-state index in [1.807, 2.05) is 0 Å². The van der Waals surface area contributed by atoms with E-state index in [1.165, 1.54) is 18.9 Å². The molecule has 1 aliphatic heterocycles. The lowest BCUT2D eigenvalue weighted by molar-refractivity contribution is -0.137. The maximum Gasteiger partial charge on any atom is 0.416 e. The summed E-state index contributed by atoms with van der Waals surface area (Å²) in [6.45, 7) is 5.51. The molecule has 0 amide bonds. The summed E-state index contributed by atoms with van der Waals surface area (Å²) in [5, 5.41) is 0. The van der Waals surface area contributed by atoms with Gasteiger partial charge < -0.3 is 4.74 Å². The van der Waals surface area contributed by atoms with Gasteiger partial charge in [-0.1, -0.05) is 13.0 Å². The average Bonchev–Trinajstić information content (AvgIpc) is 2.38. The number of nitrogens with zero attached hydrogens (tertiary/aromatic N) is 1. The molecule has 1 aromatic rings. The minimum Gasteiger partial charge on any atom is -0.492 e. The summed E-state index contributed by atoms with van der Waals surface area (Å²) in [5.41, 5.74) is -0.665. The first-order chi connectivity index (χ1) is 9.45. The third kappa shape index (κ3) is 4.40. The van der Waals surface area contributed by atoms with Gasteiger partial charge in [0.1, 0.15) is 12.4 Å². The Morgan fingerprint density at radius 2 is 2.15 bits per heavy atom. The molecule has 0 saturated carbocycles. The Balaban J connectivity index is 1.82. The number of likely N-dealkylation sites (tertiary alicyclic amines) is 1. The van der Waals surface area contributed by atoms with Crippen molar-refractivity contribution in [2.24, 2.45) is 5.92 Å². The van der Waals surface area contributed by atoms with Crippen molar-refractivity contribution in [2.45, 2.75) is 25.9 Å². The topological polar surface area (TPSA) is 12.5 Å². The summed E-state index contributed by atoms with van der Waals surface area (Å²) in [6.07, 6.45) is -1.88. The molecule has 0 N–H and O–H groups in total. The molecular formula is C15H20F3NO. The maximum absolute atomic E-state index is 12.6. The summed E-state index contributed by atoms with van der Waals surface area (Å²) in [6, 6.07) is 5.05. The van der Waals surface area contributed by atoms with Crippen LogP contribution in [0.3, 0.4) is 0 Å². The van der Waals surface area contributed by atoms with Crippen molar-refractivity contribution >= 4 is 0 Å². The predicted molar refractivity (Wildman–Crippen MR) is 71.8 cm³/mol. The Morgan fingerprint density at radius 1 is 1.35 bits per heavy atom. The molecule has 0 aliphatic carbocycles. The molecule has 2 rings (SSSR count). The van der Waals surface area contributed by atoms with Gasteiger partial charge in [-0.05, 0) is 43.5 Å². The van der Waals surface area contributed by atoms with Crippen molar-refractivity contribution in [2.75, 3.05) is 26.2 Å². The van der Waals surface area contributed by atoms with Crippen molar-refractivity contribution in [1.82, 2.24) is 4.90 Å². The first kappa shape index (κ1) is 15.2. The average molecular weight is 287 g/mol. The first-order valence-corrected chi connectivity index (χ1v) is 6.97. The number of piperidine rings is 1. The summed E-state index contributed by atoms with van der Waals surface area (Å²) in [4.78, 5) is 2.31. The van der Waals surface area contributed by atoms with Gasteiger partial charge in [0.25, 0.3) is 0 Å². The van der Waals surface area contributed by atoms with Crippen LogP contribution in [0.2, 0.25) is 0 Å². The number of benzene rings is 1. The molecule has 112 valence electrons. The normalized spacial score (nSPS) is 20.9. The van der Waals surface area contributed by atoms with Gasteiger partial charge in [0.15, 0.2) is 0 Å². The van der Waals surface area contributed by atoms with E-state index >= 15 is 0 Å². The van der Waals surface area contributed by atoms with Gasteiger partial charge in [0.05, 0.1) is 5.56 Å². The van der Waals surface area contributed by atoms with Gasteiger partial charge in [0.2, 0.25) is 0 Å². The van der Waals surface area contributed by atoms with E-state index in [9.17, 15) is 13.2 Å². The zero-order valence-corrected chi connectivity index (χ0v) is 11.6. The number of halogens is 3. The summed E-state index contributed by atoms with van der Waals surface area (Å²) in [5.74, 6) is 0.974. The molecule has 5 heteroatoms. The molecule has 1 aromatic carbocycles. The second kappa shape index (κ2) is 6.48. The van der Waals surface area contributed by atoms with Crippen molar-refractivity contribution in [1.29, 1.82) is 0 Å². The second-order valence-corrected chi connectivity index (χ2v) is 5.42. The van der Waals surface area contributed by atoms with Gasteiger partial charge in [-0.2, -0.15) is 13.2 Å². The van der Waals surface area contributed by atoms with Crippen LogP contribution >= 0.6 is 0 Å². The molecule has 0 aromatic heterocycles. The highest BCUT2D eigenvalue weighted by molar-refractivity contribution is 5.30. The molecule has 0 spiro atoms. The third-order valence-corrected chi connectivity index (χ3v) is 3.58. The number of ether oxygens (including phenoxy) is 1. The lowest BCUT2D eigenvalue weighted by Gasteiger charge is -2.30. The first-order valence-electron chi connectivity index (χ1n) is 6.97. The quantitative estimate of drug-likeness (QED) is 0.835. The summed E-state index contributed by atoms with van der Waals surface area (Å²) >= 11 is 0. The van der Waals surface area contributed by atoms with Gasteiger partial charge in [-0.25, -0.2) is 0 Å². The Hall–Kier alpha value is -1.23. The minimum atomic E-state index is -4.32. The SMILES string of the molecule is C[C@@H]1CCCN(CCOc2cccc(C(F)(F)F)c2)C1. The van der Waals surface area contributed by atoms with Gasteiger partial charge in [-0.3, -0.25) is 4.90 Å². The molecule has 0 unspecified atom stereocenters. The zero-order valence-electron chi connectivity index (χ0n) is 11.6. The summed E-state index contributed by atoms with van der Waals surface area (Å²) < 4.78 is 43.1. The second-order valence-electron chi connectivity index (χ2n) is 5.42. The van der Waals surface area contributed by atoms with Crippen LogP contribution in [0, 0.1) is 5.92 Å². The lowest BCUT2D eigenvalue weighted by atomic mass is 10.0. The van der Waals surface area contributed by atoms with Gasteiger partial charge >= 0.3 is 6.18 Å². The molecular weight excluding hydrogens is 267 g/mol. The number of hydrogen-bond acceptors (Lipinski definition) is 2. The van der Waals surface area contributed by atoms with E-state index in [4.69, 9.17) is 4.74 Å². The predicted octanol–water partition coefficient (Wildman–Crippen LogP) is 3.82. The highest BCUT2D eigenvalue weighted by Crippen LogP contribution is 2.31. The van der Waals surface area contributed by atoms with E-state index in [1.54, 1.807) is 6.07 Å². The van der Waals surface area contributed by atoms with Crippen molar-refractivity contribution in [3.8, 4) is 5.75 Å². The van der Waals surface area contributed by atoms with E-state index in [2.05, 4.69) is 11.8 Å². The summed E-state index contributed by atoms with van der Waals surface area (Å²) in [7, 11) is 0. The van der Waals surface area contributed by atoms with Crippen LogP contribution in [0.4, 0.5) is 13.2 Å². The molecule has 1 fully saturated rings. The number of rotatable bonds is 4. The zero-order chi connectivity index (χ0) is 14.6. The third-order valence-electron chi connectivity index (χ3n) is 3.58. The van der Waals surface area contributed by atoms with Crippen LogP contribution in [0.5, 0.6) is 5.75 Å². The smallest absolute Gasteiger partial charge is 0.416 e. The molecule has 0 bridgehead atoms. The molecule has 2 nitrogen and oxygen atoms in total. The van der Waals surface area contributed by atoms with E-state index in [-0.39, 0.29) is 5.75 Å². The van der Waals surface area contributed by atoms with Crippen molar-refractivity contribution < 1.29 is 17.9 Å². The van der Waals surface area contributed by atoms with Crippen molar-refractivity contribution in [3.63, 3.8) is 0 Å². The lowest BCUT2D eigenvalue weighted by Crippen LogP contribution is -2.37. The number of alkyl halides is 3. The highest BCUT2D eigenvalue weighted by atomic mass is 19.4. The molecule has 1 heterocycles. The molecule has 1 saturated heterocycles. The maximum atomic E-state index is 12.6. The van der Waals surface area contributed by atoms with Gasteiger partial charge in [0, 0.05) is 13.1 Å². The Kier molecular flexibility index (Phi) is 4.91. The molecule has 1 atom stereocenters. The fourth-order valence-electron chi connectivity index (χ4n) is 2.54. The van der Waals surface area contributed by atoms with Gasteiger partial charge in [-0.15, -0.1) is 0 Å². The Morgan fingerprint density at radius 3 is 2.85 bits per heavy atom. The van der Waals surface area contributed by atoms with Crippen LogP contribution in [-0.4, -0.2) is 31.1 Å². The monoisotopic (exact) mass is 287 g/mol. The van der Waals surface area contributed by atoms with Crippen LogP contribution < -0.4 is 4.74 Å². The van der Waals surface area contributed by atoms with Crippen LogP contribution in [0.1, 0.15) is 25.3 Å². The van der Waals surface area contributed by atoms with E-state index < -0.39 is 11.7 Å². The van der Waals surface area contributed by atoms with Crippen LogP contribution in [-0.2, 0) is 6.18 Å². The Labute approximate surface area is 117 Å². The molecule has 1 aliphatic rings. The minimum absolute atomic E-state index is 0.282. The van der Waals surface area contributed by atoms with Crippen molar-refractivity contribution in [3.05, 3.63) is 29.8 Å². The molecule has 20 heavy (non-hydrogen) atoms. The van der Waals surface area contributed by atoms with Crippen LogP contribution in [0.25, 0.3) is 0 Å². The Bertz CT molecular complexity index is 433.